The molecule has 0 aromatic carbocycles. The fraction of sp³-hybridized carbons (Fsp3) is 0.733. The van der Waals surface area contributed by atoms with Gasteiger partial charge in [-0.05, 0) is 31.6 Å². The Balaban J connectivity index is 2.15. The lowest BCUT2D eigenvalue weighted by Crippen LogP contribution is -2.35. The van der Waals surface area contributed by atoms with Crippen molar-refractivity contribution in [2.45, 2.75) is 52.0 Å². The van der Waals surface area contributed by atoms with Crippen LogP contribution in [0.5, 0.6) is 0 Å². The maximum Gasteiger partial charge on any atom is 0.134 e. The molecule has 1 aliphatic rings. The summed E-state index contributed by atoms with van der Waals surface area (Å²) in [5.74, 6) is 3.76. The number of hydrogen-bond acceptors (Lipinski definition) is 4. The minimum absolute atomic E-state index is 0.625. The van der Waals surface area contributed by atoms with Crippen LogP contribution in [0.25, 0.3) is 0 Å². The average molecular weight is 262 g/mol. The first-order valence-electron chi connectivity index (χ1n) is 7.42. The maximum atomic E-state index is 4.67. The molecule has 1 aromatic heterocycles. The fourth-order valence-corrected chi connectivity index (χ4v) is 2.77. The van der Waals surface area contributed by atoms with Crippen molar-refractivity contribution in [2.75, 3.05) is 24.3 Å². The van der Waals surface area contributed by atoms with E-state index in [9.17, 15) is 0 Å². The van der Waals surface area contributed by atoms with E-state index in [4.69, 9.17) is 0 Å². The van der Waals surface area contributed by atoms with Crippen molar-refractivity contribution in [1.82, 2.24) is 9.97 Å². The van der Waals surface area contributed by atoms with E-state index >= 15 is 0 Å². The molecule has 4 nitrogen and oxygen atoms in total. The lowest BCUT2D eigenvalue weighted by atomic mass is 9.87. The predicted octanol–water partition coefficient (Wildman–Crippen LogP) is 3.10. The SMILES string of the molecule is CCc1nc(NC)cc(N(C)C2CCC(C)CC2)n1. The molecule has 1 N–H and O–H groups in total. The quantitative estimate of drug-likeness (QED) is 0.905. The zero-order chi connectivity index (χ0) is 13.8. The number of rotatable bonds is 4. The van der Waals surface area contributed by atoms with Crippen molar-refractivity contribution in [3.8, 4) is 0 Å². The number of nitrogens with zero attached hydrogens (tertiary/aromatic N) is 3. The molecule has 0 spiro atoms. The van der Waals surface area contributed by atoms with Gasteiger partial charge in [0, 0.05) is 32.6 Å². The second-order valence-corrected chi connectivity index (χ2v) is 5.66. The Bertz CT molecular complexity index is 388. The largest absolute Gasteiger partial charge is 0.373 e. The Labute approximate surface area is 116 Å². The molecule has 1 aromatic rings. The van der Waals surface area contributed by atoms with E-state index in [-0.39, 0.29) is 0 Å². The van der Waals surface area contributed by atoms with E-state index in [1.807, 2.05) is 7.05 Å². The van der Waals surface area contributed by atoms with Crippen LogP contribution in [0, 0.1) is 5.92 Å². The minimum Gasteiger partial charge on any atom is -0.373 e. The highest BCUT2D eigenvalue weighted by atomic mass is 15.2. The van der Waals surface area contributed by atoms with Crippen LogP contribution in [0.3, 0.4) is 0 Å². The minimum atomic E-state index is 0.625. The Hall–Kier alpha value is -1.32. The lowest BCUT2D eigenvalue weighted by molar-refractivity contribution is 0.340. The average Bonchev–Trinajstić information content (AvgIpc) is 2.46. The fourth-order valence-electron chi connectivity index (χ4n) is 2.77. The summed E-state index contributed by atoms with van der Waals surface area (Å²) in [6, 6.07) is 2.68. The van der Waals surface area contributed by atoms with Gasteiger partial charge in [0.2, 0.25) is 0 Å². The molecule has 106 valence electrons. The third-order valence-electron chi connectivity index (χ3n) is 4.23. The Kier molecular flexibility index (Phi) is 4.61. The topological polar surface area (TPSA) is 41.1 Å². The molecule has 0 unspecified atom stereocenters. The van der Waals surface area contributed by atoms with Gasteiger partial charge in [0.15, 0.2) is 0 Å². The van der Waals surface area contributed by atoms with Crippen LogP contribution in [0.1, 0.15) is 45.4 Å². The standard InChI is InChI=1S/C15H26N4/c1-5-13-17-14(16-3)10-15(18-13)19(4)12-8-6-11(2)7-9-12/h10-12H,5-9H2,1-4H3,(H,16,17,18). The van der Waals surface area contributed by atoms with Gasteiger partial charge >= 0.3 is 0 Å². The summed E-state index contributed by atoms with van der Waals surface area (Å²) in [4.78, 5) is 11.5. The van der Waals surface area contributed by atoms with E-state index in [1.54, 1.807) is 0 Å². The van der Waals surface area contributed by atoms with Crippen LogP contribution < -0.4 is 10.2 Å². The second kappa shape index (κ2) is 6.22. The van der Waals surface area contributed by atoms with Crippen molar-refractivity contribution in [3.05, 3.63) is 11.9 Å². The number of aromatic nitrogens is 2. The number of nitrogens with one attached hydrogen (secondary N) is 1. The first-order chi connectivity index (χ1) is 9.13. The molecule has 0 bridgehead atoms. The summed E-state index contributed by atoms with van der Waals surface area (Å²) < 4.78 is 0. The predicted molar refractivity (Wildman–Crippen MR) is 80.8 cm³/mol. The van der Waals surface area contributed by atoms with Crippen LogP contribution in [-0.2, 0) is 6.42 Å². The first-order valence-corrected chi connectivity index (χ1v) is 7.42. The summed E-state index contributed by atoms with van der Waals surface area (Å²) in [6.07, 6.45) is 6.09. The highest BCUT2D eigenvalue weighted by molar-refractivity contribution is 5.49. The van der Waals surface area contributed by atoms with Crippen LogP contribution >= 0.6 is 0 Å². The van der Waals surface area contributed by atoms with E-state index in [0.717, 1.165) is 29.8 Å². The maximum absolute atomic E-state index is 4.67. The van der Waals surface area contributed by atoms with Gasteiger partial charge in [0.25, 0.3) is 0 Å². The summed E-state index contributed by atoms with van der Waals surface area (Å²) in [5, 5.41) is 3.13. The zero-order valence-corrected chi connectivity index (χ0v) is 12.6. The summed E-state index contributed by atoms with van der Waals surface area (Å²) >= 11 is 0. The van der Waals surface area contributed by atoms with Crippen LogP contribution in [0.15, 0.2) is 6.07 Å². The molecule has 0 amide bonds. The zero-order valence-electron chi connectivity index (χ0n) is 12.6. The van der Waals surface area contributed by atoms with Crippen molar-refractivity contribution in [3.63, 3.8) is 0 Å². The molecule has 19 heavy (non-hydrogen) atoms. The van der Waals surface area contributed by atoms with Gasteiger partial charge in [0.05, 0.1) is 0 Å². The Morgan fingerprint density at radius 3 is 2.53 bits per heavy atom. The monoisotopic (exact) mass is 262 g/mol. The van der Waals surface area contributed by atoms with E-state index in [0.29, 0.717) is 6.04 Å². The smallest absolute Gasteiger partial charge is 0.134 e. The molecule has 1 aliphatic carbocycles. The normalized spacial score (nSPS) is 23.2. The molecule has 0 radical (unpaired) electrons. The second-order valence-electron chi connectivity index (χ2n) is 5.66. The van der Waals surface area contributed by atoms with Gasteiger partial charge < -0.3 is 10.2 Å². The first kappa shape index (κ1) is 14.1. The molecule has 1 fully saturated rings. The van der Waals surface area contributed by atoms with Crippen molar-refractivity contribution >= 4 is 11.6 Å². The summed E-state index contributed by atoms with van der Waals surface area (Å²) in [5.41, 5.74) is 0. The molecule has 0 aliphatic heterocycles. The van der Waals surface area contributed by atoms with Gasteiger partial charge in [-0.25, -0.2) is 9.97 Å². The van der Waals surface area contributed by atoms with E-state index in [2.05, 4.69) is 47.1 Å². The van der Waals surface area contributed by atoms with Gasteiger partial charge in [-0.1, -0.05) is 13.8 Å². The highest BCUT2D eigenvalue weighted by Gasteiger charge is 2.23. The van der Waals surface area contributed by atoms with E-state index in [1.165, 1.54) is 25.7 Å². The van der Waals surface area contributed by atoms with Crippen molar-refractivity contribution in [2.24, 2.45) is 5.92 Å². The lowest BCUT2D eigenvalue weighted by Gasteiger charge is -2.34. The third kappa shape index (κ3) is 3.37. The Morgan fingerprint density at radius 2 is 1.95 bits per heavy atom. The molecule has 0 atom stereocenters. The number of hydrogen-bond donors (Lipinski definition) is 1. The summed E-state index contributed by atoms with van der Waals surface area (Å²) in [7, 11) is 4.08. The molecule has 2 rings (SSSR count). The number of anilines is 2. The van der Waals surface area contributed by atoms with Crippen LogP contribution in [0.2, 0.25) is 0 Å². The summed E-state index contributed by atoms with van der Waals surface area (Å²) in [6.45, 7) is 4.45. The van der Waals surface area contributed by atoms with Crippen LogP contribution in [0.4, 0.5) is 11.6 Å². The van der Waals surface area contributed by atoms with Crippen molar-refractivity contribution in [1.29, 1.82) is 0 Å². The molecule has 1 heterocycles. The molecule has 4 heteroatoms. The number of aryl methyl sites for hydroxylation is 1. The molecule has 1 saturated carbocycles. The molecular weight excluding hydrogens is 236 g/mol. The third-order valence-corrected chi connectivity index (χ3v) is 4.23. The molecule has 0 saturated heterocycles. The van der Waals surface area contributed by atoms with Gasteiger partial charge in [-0.2, -0.15) is 0 Å². The Morgan fingerprint density at radius 1 is 1.26 bits per heavy atom. The van der Waals surface area contributed by atoms with Gasteiger partial charge in [-0.3, -0.25) is 0 Å². The molecular formula is C15H26N4. The van der Waals surface area contributed by atoms with Crippen LogP contribution in [-0.4, -0.2) is 30.1 Å². The highest BCUT2D eigenvalue weighted by Crippen LogP contribution is 2.29. The van der Waals surface area contributed by atoms with Crippen molar-refractivity contribution < 1.29 is 0 Å². The van der Waals surface area contributed by atoms with Gasteiger partial charge in [0.1, 0.15) is 17.5 Å². The van der Waals surface area contributed by atoms with Gasteiger partial charge in [-0.15, -0.1) is 0 Å². The van der Waals surface area contributed by atoms with E-state index < -0.39 is 0 Å².